The van der Waals surface area contributed by atoms with Crippen LogP contribution in [0.4, 0.5) is 4.79 Å². The largest absolute Gasteiger partial charge is 0.474 e. The molecule has 0 aromatic heterocycles. The van der Waals surface area contributed by atoms with Gasteiger partial charge in [0.1, 0.15) is 12.2 Å². The third-order valence-electron chi connectivity index (χ3n) is 17.5. The Bertz CT molecular complexity index is 1920. The molecule has 0 radical (unpaired) electrons. The summed E-state index contributed by atoms with van der Waals surface area (Å²) in [6, 6.07) is 0. The molecule has 488 valence electrons. The standard InChI is InChI=1S/C65H128NO13PSi3/c1-22-24-26-27-28-29-30-31-32-33-34-35-40-44-59(67)72-51-54(52-74-80(70,71-15)73-49-48-66-61(69)76-62(3,4)5)75-60(68)45-41-37-36-39-43-55-56(47-46-53(42-38-25-23-2)77-81(16,17)63(6,7)8)58(79-83(20,21)65(12,13)14)50-57(55)78-82(18,19)64(9,10)11/h36,39,46-47,53-58H,22-35,37-38,40-45,48-52H2,1-21H3,(H,66,69)/b39-36-,47-46+/t53-,54+,55-,56+,57-,58+,80?/m0/s1. The van der Waals surface area contributed by atoms with Crippen LogP contribution in [0.3, 0.4) is 0 Å². The number of carbonyl (C=O) groups is 3. The number of hydrogen-bond donors (Lipinski definition) is 1. The zero-order chi connectivity index (χ0) is 63.2. The second-order valence-corrected chi connectivity index (χ2v) is 45.2. The summed E-state index contributed by atoms with van der Waals surface area (Å²) in [5.74, 6) is -0.621. The first-order valence-corrected chi connectivity index (χ1v) is 42.7. The van der Waals surface area contributed by atoms with Gasteiger partial charge in [0.2, 0.25) is 0 Å². The van der Waals surface area contributed by atoms with Gasteiger partial charge in [-0.15, -0.1) is 0 Å². The molecule has 0 aromatic carbocycles. The minimum atomic E-state index is -4.17. The SMILES string of the molecule is CCCCCCCCCCCCCCCC(=O)OC[C@H](COP(=O)(OC)OCCNC(=O)OC(C)(C)C)OC(=O)CCC/C=C\C[C@H]1[C@@H](/C=C/[C@H](CCCCC)O[Si](C)(C)C(C)(C)C)[C@H](O[Si](C)(C)C(C)(C)C)C[C@@H]1O[Si](C)(C)C(C)(C)C. The summed E-state index contributed by atoms with van der Waals surface area (Å²) >= 11 is 0. The minimum absolute atomic E-state index is 0.000167. The second-order valence-electron chi connectivity index (χ2n) is 29.2. The van der Waals surface area contributed by atoms with Gasteiger partial charge in [-0.25, -0.2) is 9.36 Å². The molecule has 83 heavy (non-hydrogen) atoms. The highest BCUT2D eigenvalue weighted by molar-refractivity contribution is 7.48. The predicted molar refractivity (Wildman–Crippen MR) is 351 cm³/mol. The first-order valence-electron chi connectivity index (χ1n) is 32.6. The van der Waals surface area contributed by atoms with Crippen LogP contribution in [0.15, 0.2) is 24.3 Å². The number of ether oxygens (including phenoxy) is 3. The molecule has 1 N–H and O–H groups in total. The number of phosphoric acid groups is 1. The van der Waals surface area contributed by atoms with E-state index in [1.165, 1.54) is 71.3 Å². The lowest BCUT2D eigenvalue weighted by Gasteiger charge is -2.40. The van der Waals surface area contributed by atoms with Gasteiger partial charge in [0.15, 0.2) is 31.1 Å². The Morgan fingerprint density at radius 2 is 1.12 bits per heavy atom. The maximum atomic E-state index is 13.5. The molecule has 1 fully saturated rings. The van der Waals surface area contributed by atoms with E-state index in [1.54, 1.807) is 20.8 Å². The van der Waals surface area contributed by atoms with Gasteiger partial charge < -0.3 is 32.8 Å². The summed E-state index contributed by atoms with van der Waals surface area (Å²) in [5, 5.41) is 2.70. The molecule has 1 amide bonds. The van der Waals surface area contributed by atoms with Crippen LogP contribution >= 0.6 is 7.82 Å². The molecule has 1 saturated carbocycles. The molecule has 18 heteroatoms. The van der Waals surface area contributed by atoms with Crippen molar-refractivity contribution in [2.24, 2.45) is 11.8 Å². The molecule has 0 bridgehead atoms. The number of phosphoric ester groups is 1. The van der Waals surface area contributed by atoms with Gasteiger partial charge in [-0.05, 0) is 120 Å². The van der Waals surface area contributed by atoms with Crippen molar-refractivity contribution in [1.82, 2.24) is 5.32 Å². The highest BCUT2D eigenvalue weighted by atomic mass is 31.2. The molecule has 0 spiro atoms. The fraction of sp³-hybridized carbons (Fsp3) is 0.892. The summed E-state index contributed by atoms with van der Waals surface area (Å²) in [7, 11) is -9.44. The maximum absolute atomic E-state index is 13.5. The first-order chi connectivity index (χ1) is 38.4. The van der Waals surface area contributed by atoms with E-state index in [0.29, 0.717) is 19.3 Å². The second kappa shape index (κ2) is 38.7. The van der Waals surface area contributed by atoms with Gasteiger partial charge >= 0.3 is 25.9 Å². The molecule has 1 aliphatic carbocycles. The number of esters is 2. The summed E-state index contributed by atoms with van der Waals surface area (Å²) in [6.07, 6.45) is 30.7. The van der Waals surface area contributed by atoms with Gasteiger partial charge in [0, 0.05) is 32.4 Å². The average molecular weight is 1250 g/mol. The molecule has 0 saturated heterocycles. The predicted octanol–water partition coefficient (Wildman–Crippen LogP) is 19.3. The van der Waals surface area contributed by atoms with E-state index >= 15 is 0 Å². The van der Waals surface area contributed by atoms with Gasteiger partial charge in [0.25, 0.3) is 0 Å². The van der Waals surface area contributed by atoms with Crippen LogP contribution in [-0.4, -0.2) is 106 Å². The maximum Gasteiger partial charge on any atom is 0.474 e. The van der Waals surface area contributed by atoms with Gasteiger partial charge in [0.05, 0.1) is 31.5 Å². The van der Waals surface area contributed by atoms with Crippen molar-refractivity contribution in [3.63, 3.8) is 0 Å². The molecule has 14 nitrogen and oxygen atoms in total. The molecular weight excluding hydrogens is 1120 g/mol. The molecule has 1 unspecified atom stereocenters. The molecule has 0 aliphatic heterocycles. The van der Waals surface area contributed by atoms with Crippen molar-refractivity contribution in [1.29, 1.82) is 0 Å². The Hall–Kier alpha value is -1.67. The zero-order valence-electron chi connectivity index (χ0n) is 57.1. The van der Waals surface area contributed by atoms with Crippen LogP contribution in [0.25, 0.3) is 0 Å². The Kier molecular flexibility index (Phi) is 37.0. The van der Waals surface area contributed by atoms with Crippen molar-refractivity contribution in [3.05, 3.63) is 24.3 Å². The van der Waals surface area contributed by atoms with E-state index < -0.39 is 69.1 Å². The number of unbranched alkanes of at least 4 members (excludes halogenated alkanes) is 15. The molecule has 0 aromatic rings. The van der Waals surface area contributed by atoms with E-state index in [4.69, 9.17) is 41.1 Å². The van der Waals surface area contributed by atoms with Gasteiger partial charge in [-0.2, -0.15) is 0 Å². The lowest BCUT2D eigenvalue weighted by molar-refractivity contribution is -0.161. The minimum Gasteiger partial charge on any atom is -0.462 e. The molecule has 7 atom stereocenters. The lowest BCUT2D eigenvalue weighted by atomic mass is 9.89. The van der Waals surface area contributed by atoms with Gasteiger partial charge in [-0.1, -0.05) is 197 Å². The molecular formula is C65H128NO13PSi3. The topological polar surface area (TPSA) is 163 Å². The van der Waals surface area contributed by atoms with Crippen molar-refractivity contribution >= 4 is 50.8 Å². The quantitative estimate of drug-likeness (QED) is 0.0153. The molecule has 1 rings (SSSR count). The van der Waals surface area contributed by atoms with Crippen molar-refractivity contribution < 1.29 is 60.0 Å². The van der Waals surface area contributed by atoms with E-state index in [0.717, 1.165) is 51.4 Å². The molecule has 0 heterocycles. The summed E-state index contributed by atoms with van der Waals surface area (Å²) in [4.78, 5) is 38.6. The van der Waals surface area contributed by atoms with Gasteiger partial charge in [-0.3, -0.25) is 23.2 Å². The first kappa shape index (κ1) is 79.3. The number of alkyl carbamates (subject to hydrolysis) is 1. The van der Waals surface area contributed by atoms with Crippen LogP contribution in [0, 0.1) is 11.8 Å². The molecule has 1 aliphatic rings. The third kappa shape index (κ3) is 33.5. The van der Waals surface area contributed by atoms with E-state index in [-0.39, 0.29) is 77.9 Å². The number of nitrogens with one attached hydrogen (secondary N) is 1. The van der Waals surface area contributed by atoms with Crippen LogP contribution in [0.2, 0.25) is 54.4 Å². The number of rotatable bonds is 43. The van der Waals surface area contributed by atoms with Crippen molar-refractivity contribution in [2.45, 2.75) is 329 Å². The Morgan fingerprint density at radius 3 is 1.64 bits per heavy atom. The van der Waals surface area contributed by atoms with Crippen molar-refractivity contribution in [2.75, 3.05) is 33.5 Å². The smallest absolute Gasteiger partial charge is 0.462 e. The lowest BCUT2D eigenvalue weighted by Crippen LogP contribution is -2.45. The van der Waals surface area contributed by atoms with E-state index in [9.17, 15) is 18.9 Å². The monoisotopic (exact) mass is 1250 g/mol. The van der Waals surface area contributed by atoms with Crippen LogP contribution in [0.5, 0.6) is 0 Å². The van der Waals surface area contributed by atoms with Crippen LogP contribution < -0.4 is 5.32 Å². The summed E-state index contributed by atoms with van der Waals surface area (Å²) in [5.41, 5.74) is -0.694. The fourth-order valence-electron chi connectivity index (χ4n) is 9.21. The van der Waals surface area contributed by atoms with E-state index in [2.05, 4.69) is 145 Å². The van der Waals surface area contributed by atoms with Crippen molar-refractivity contribution in [3.8, 4) is 0 Å². The Balaban J connectivity index is 3.28. The summed E-state index contributed by atoms with van der Waals surface area (Å²) < 4.78 is 68.4. The summed E-state index contributed by atoms with van der Waals surface area (Å²) in [6.45, 7) is 43.7. The number of hydrogen-bond acceptors (Lipinski definition) is 13. The fourth-order valence-corrected chi connectivity index (χ4v) is 14.2. The highest BCUT2D eigenvalue weighted by Gasteiger charge is 2.51. The van der Waals surface area contributed by atoms with Crippen LogP contribution in [0.1, 0.15) is 245 Å². The van der Waals surface area contributed by atoms with E-state index in [1.807, 2.05) is 0 Å². The number of allylic oxidation sites excluding steroid dienone is 2. The average Bonchev–Trinajstić information content (AvgIpc) is 2.50. The van der Waals surface area contributed by atoms with Crippen LogP contribution in [-0.2, 0) is 55.2 Å². The zero-order valence-corrected chi connectivity index (χ0v) is 61.0. The third-order valence-corrected chi connectivity index (χ3v) is 32.4. The number of carbonyl (C=O) groups excluding carboxylic acids is 3. The highest BCUT2D eigenvalue weighted by Crippen LogP contribution is 2.50. The number of amides is 1. The normalized spacial score (nSPS) is 19.3. The Morgan fingerprint density at radius 1 is 0.614 bits per heavy atom. The Labute approximate surface area is 512 Å².